The van der Waals surface area contributed by atoms with Gasteiger partial charge in [-0.15, -0.1) is 0 Å². The van der Waals surface area contributed by atoms with E-state index < -0.39 is 0 Å². The van der Waals surface area contributed by atoms with E-state index in [4.69, 9.17) is 0 Å². The predicted octanol–water partition coefficient (Wildman–Crippen LogP) is 3.33. The van der Waals surface area contributed by atoms with Gasteiger partial charge in [-0.25, -0.2) is 4.98 Å². The maximum Gasteiger partial charge on any atom is 0.292 e. The SMILES string of the molecule is O=[N+]([O-])c1ccccc1N1CCN(Cc2cn3cc(Br)ccc3n2)CC1. The minimum absolute atomic E-state index is 0.173. The van der Waals surface area contributed by atoms with Crippen molar-refractivity contribution in [2.45, 2.75) is 6.54 Å². The van der Waals surface area contributed by atoms with Crippen molar-refractivity contribution >= 4 is 33.0 Å². The zero-order chi connectivity index (χ0) is 18.1. The van der Waals surface area contributed by atoms with Crippen LogP contribution in [0.25, 0.3) is 5.65 Å². The first-order chi connectivity index (χ1) is 12.6. The molecule has 0 aliphatic carbocycles. The molecule has 4 rings (SSSR count). The Labute approximate surface area is 159 Å². The lowest BCUT2D eigenvalue weighted by Crippen LogP contribution is -2.46. The molecule has 0 N–H and O–H groups in total. The lowest BCUT2D eigenvalue weighted by molar-refractivity contribution is -0.384. The number of aromatic nitrogens is 2. The molecule has 0 spiro atoms. The molecule has 1 aliphatic heterocycles. The first-order valence-corrected chi connectivity index (χ1v) is 9.23. The van der Waals surface area contributed by atoms with Crippen molar-refractivity contribution in [2.24, 2.45) is 0 Å². The van der Waals surface area contributed by atoms with Gasteiger partial charge in [0.1, 0.15) is 11.3 Å². The van der Waals surface area contributed by atoms with Crippen LogP contribution in [0.15, 0.2) is 53.3 Å². The van der Waals surface area contributed by atoms with Gasteiger partial charge in [-0.3, -0.25) is 15.0 Å². The molecule has 0 saturated carbocycles. The molecule has 0 radical (unpaired) electrons. The summed E-state index contributed by atoms with van der Waals surface area (Å²) in [5.41, 5.74) is 2.84. The van der Waals surface area contributed by atoms with Gasteiger partial charge in [0.05, 0.1) is 10.6 Å². The minimum Gasteiger partial charge on any atom is -0.363 e. The van der Waals surface area contributed by atoms with Crippen LogP contribution in [-0.4, -0.2) is 45.4 Å². The fourth-order valence-corrected chi connectivity index (χ4v) is 3.71. The molecule has 134 valence electrons. The lowest BCUT2D eigenvalue weighted by Gasteiger charge is -2.35. The molecule has 1 fully saturated rings. The number of para-hydroxylation sites is 2. The number of fused-ring (bicyclic) bond motifs is 1. The standard InChI is InChI=1S/C18H18BrN5O2/c19-14-5-6-18-20-15(13-23(18)11-14)12-21-7-9-22(10-8-21)16-3-1-2-4-17(16)24(25)26/h1-6,11,13H,7-10,12H2. The van der Waals surface area contributed by atoms with Gasteiger partial charge in [0.25, 0.3) is 5.69 Å². The molecule has 7 nitrogen and oxygen atoms in total. The number of nitrogens with zero attached hydrogens (tertiary/aromatic N) is 5. The largest absolute Gasteiger partial charge is 0.363 e. The second kappa shape index (κ2) is 7.05. The molecule has 0 unspecified atom stereocenters. The Kier molecular flexibility index (Phi) is 4.60. The number of hydrogen-bond acceptors (Lipinski definition) is 5. The summed E-state index contributed by atoms with van der Waals surface area (Å²) < 4.78 is 3.04. The molecule has 26 heavy (non-hydrogen) atoms. The average molecular weight is 416 g/mol. The summed E-state index contributed by atoms with van der Waals surface area (Å²) >= 11 is 3.47. The number of piperazine rings is 1. The van der Waals surface area contributed by atoms with E-state index in [2.05, 4.69) is 36.9 Å². The maximum absolute atomic E-state index is 11.2. The van der Waals surface area contributed by atoms with Crippen LogP contribution in [0, 0.1) is 10.1 Å². The summed E-state index contributed by atoms with van der Waals surface area (Å²) in [6.45, 7) is 4.02. The van der Waals surface area contributed by atoms with Gasteiger partial charge in [0.15, 0.2) is 0 Å². The lowest BCUT2D eigenvalue weighted by atomic mass is 10.2. The fourth-order valence-electron chi connectivity index (χ4n) is 3.36. The molecule has 3 heterocycles. The van der Waals surface area contributed by atoms with Crippen LogP contribution in [-0.2, 0) is 6.54 Å². The summed E-state index contributed by atoms with van der Waals surface area (Å²) in [7, 11) is 0. The predicted molar refractivity (Wildman–Crippen MR) is 103 cm³/mol. The van der Waals surface area contributed by atoms with E-state index in [-0.39, 0.29) is 10.6 Å². The van der Waals surface area contributed by atoms with Gasteiger partial charge in [0, 0.05) is 55.7 Å². The summed E-state index contributed by atoms with van der Waals surface area (Å²) in [4.78, 5) is 20.0. The molecule has 0 atom stereocenters. The number of benzene rings is 1. The zero-order valence-corrected chi connectivity index (χ0v) is 15.7. The minimum atomic E-state index is -0.309. The van der Waals surface area contributed by atoms with E-state index in [0.29, 0.717) is 5.69 Å². The molecule has 3 aromatic rings. The van der Waals surface area contributed by atoms with Crippen LogP contribution in [0.3, 0.4) is 0 Å². The number of anilines is 1. The van der Waals surface area contributed by atoms with Gasteiger partial charge in [0.2, 0.25) is 0 Å². The fraction of sp³-hybridized carbons (Fsp3) is 0.278. The third kappa shape index (κ3) is 3.42. The number of rotatable bonds is 4. The van der Waals surface area contributed by atoms with Crippen molar-refractivity contribution in [3.8, 4) is 0 Å². The third-order valence-electron chi connectivity index (χ3n) is 4.64. The van der Waals surface area contributed by atoms with E-state index >= 15 is 0 Å². The van der Waals surface area contributed by atoms with E-state index in [1.807, 2.05) is 34.9 Å². The van der Waals surface area contributed by atoms with Crippen LogP contribution in [0.2, 0.25) is 0 Å². The van der Waals surface area contributed by atoms with Crippen LogP contribution < -0.4 is 4.90 Å². The van der Waals surface area contributed by atoms with Gasteiger partial charge in [-0.2, -0.15) is 0 Å². The molecule has 1 aliphatic rings. The highest BCUT2D eigenvalue weighted by Gasteiger charge is 2.23. The summed E-state index contributed by atoms with van der Waals surface area (Å²) in [5, 5.41) is 11.2. The number of pyridine rings is 1. The van der Waals surface area contributed by atoms with Gasteiger partial charge < -0.3 is 9.30 Å². The Morgan fingerprint density at radius 3 is 2.62 bits per heavy atom. The van der Waals surface area contributed by atoms with E-state index in [0.717, 1.165) is 48.5 Å². The Balaban J connectivity index is 1.43. The quantitative estimate of drug-likeness (QED) is 0.482. The Hall–Kier alpha value is -2.45. The highest BCUT2D eigenvalue weighted by molar-refractivity contribution is 9.10. The second-order valence-electron chi connectivity index (χ2n) is 6.35. The van der Waals surface area contributed by atoms with E-state index in [1.54, 1.807) is 12.1 Å². The molecule has 0 bridgehead atoms. The summed E-state index contributed by atoms with van der Waals surface area (Å²) in [6, 6.07) is 10.9. The first kappa shape index (κ1) is 17.0. The van der Waals surface area contributed by atoms with Crippen molar-refractivity contribution in [3.05, 3.63) is 69.1 Å². The van der Waals surface area contributed by atoms with Gasteiger partial charge >= 0.3 is 0 Å². The van der Waals surface area contributed by atoms with Crippen molar-refractivity contribution in [2.75, 3.05) is 31.1 Å². The number of nitro benzene ring substituents is 1. The molecular formula is C18H18BrN5O2. The van der Waals surface area contributed by atoms with Gasteiger partial charge in [-0.1, -0.05) is 12.1 Å². The average Bonchev–Trinajstić information content (AvgIpc) is 3.03. The first-order valence-electron chi connectivity index (χ1n) is 8.44. The highest BCUT2D eigenvalue weighted by atomic mass is 79.9. The van der Waals surface area contributed by atoms with E-state index in [1.165, 1.54) is 0 Å². The number of nitro groups is 1. The molecule has 1 aromatic carbocycles. The van der Waals surface area contributed by atoms with Crippen molar-refractivity contribution in [1.82, 2.24) is 14.3 Å². The number of imidazole rings is 1. The molecule has 2 aromatic heterocycles. The summed E-state index contributed by atoms with van der Waals surface area (Å²) in [6.07, 6.45) is 4.05. The Bertz CT molecular complexity index is 950. The van der Waals surface area contributed by atoms with Crippen LogP contribution in [0.4, 0.5) is 11.4 Å². The normalized spacial score (nSPS) is 15.5. The molecule has 8 heteroatoms. The molecule has 1 saturated heterocycles. The Morgan fingerprint density at radius 2 is 1.85 bits per heavy atom. The molecule has 0 amide bonds. The maximum atomic E-state index is 11.2. The Morgan fingerprint density at radius 1 is 1.08 bits per heavy atom. The second-order valence-corrected chi connectivity index (χ2v) is 7.27. The number of halogens is 1. The summed E-state index contributed by atoms with van der Waals surface area (Å²) in [5.74, 6) is 0. The zero-order valence-electron chi connectivity index (χ0n) is 14.1. The van der Waals surface area contributed by atoms with E-state index in [9.17, 15) is 10.1 Å². The van der Waals surface area contributed by atoms with Crippen molar-refractivity contribution < 1.29 is 4.92 Å². The number of hydrogen-bond donors (Lipinski definition) is 0. The van der Waals surface area contributed by atoms with Gasteiger partial charge in [-0.05, 0) is 34.1 Å². The topological polar surface area (TPSA) is 66.9 Å². The monoisotopic (exact) mass is 415 g/mol. The molecular weight excluding hydrogens is 398 g/mol. The third-order valence-corrected chi connectivity index (χ3v) is 5.11. The van der Waals surface area contributed by atoms with Crippen LogP contribution in [0.5, 0.6) is 0 Å². The van der Waals surface area contributed by atoms with Crippen molar-refractivity contribution in [3.63, 3.8) is 0 Å². The van der Waals surface area contributed by atoms with Crippen LogP contribution in [0.1, 0.15) is 5.69 Å². The smallest absolute Gasteiger partial charge is 0.292 e. The highest BCUT2D eigenvalue weighted by Crippen LogP contribution is 2.28. The van der Waals surface area contributed by atoms with Crippen molar-refractivity contribution in [1.29, 1.82) is 0 Å². The van der Waals surface area contributed by atoms with Crippen LogP contribution >= 0.6 is 15.9 Å².